The molecule has 4 atom stereocenters. The first-order valence-corrected chi connectivity index (χ1v) is 5.56. The average Bonchev–Trinajstić information content (AvgIpc) is 2.08. The van der Waals surface area contributed by atoms with Crippen LogP contribution in [0.15, 0.2) is 0 Å². The van der Waals surface area contributed by atoms with Crippen molar-refractivity contribution in [1.82, 2.24) is 4.90 Å². The van der Waals surface area contributed by atoms with Crippen molar-refractivity contribution in [3.63, 3.8) is 0 Å². The van der Waals surface area contributed by atoms with Crippen molar-refractivity contribution >= 4 is 0 Å². The van der Waals surface area contributed by atoms with Gasteiger partial charge in [0, 0.05) is 18.6 Å². The molecule has 0 aromatic carbocycles. The molecular formula is C11H23NO2. The molecule has 0 aliphatic carbocycles. The van der Waals surface area contributed by atoms with E-state index in [1.807, 2.05) is 6.92 Å². The summed E-state index contributed by atoms with van der Waals surface area (Å²) in [6, 6.07) is 0.913. The number of ether oxygens (including phenoxy) is 1. The molecule has 3 nitrogen and oxygen atoms in total. The van der Waals surface area contributed by atoms with Gasteiger partial charge in [0.15, 0.2) is 0 Å². The summed E-state index contributed by atoms with van der Waals surface area (Å²) >= 11 is 0. The third-order valence-corrected chi connectivity index (χ3v) is 2.90. The topological polar surface area (TPSA) is 32.7 Å². The second kappa shape index (κ2) is 5.10. The molecule has 4 unspecified atom stereocenters. The molecule has 0 aromatic heterocycles. The van der Waals surface area contributed by atoms with E-state index in [0.29, 0.717) is 18.2 Å². The zero-order valence-corrected chi connectivity index (χ0v) is 9.73. The van der Waals surface area contributed by atoms with Crippen molar-refractivity contribution in [2.45, 2.75) is 58.4 Å². The lowest BCUT2D eigenvalue weighted by Crippen LogP contribution is -2.51. The third-order valence-electron chi connectivity index (χ3n) is 2.90. The van der Waals surface area contributed by atoms with Gasteiger partial charge in [0.05, 0.1) is 18.8 Å². The Morgan fingerprint density at radius 1 is 1.43 bits per heavy atom. The van der Waals surface area contributed by atoms with Crippen molar-refractivity contribution in [2.24, 2.45) is 0 Å². The van der Waals surface area contributed by atoms with Crippen LogP contribution in [0.2, 0.25) is 0 Å². The molecule has 1 rings (SSSR count). The lowest BCUT2D eigenvalue weighted by Gasteiger charge is -2.41. The Kier molecular flexibility index (Phi) is 4.35. The van der Waals surface area contributed by atoms with E-state index in [0.717, 1.165) is 19.6 Å². The van der Waals surface area contributed by atoms with Crippen molar-refractivity contribution < 1.29 is 9.84 Å². The molecule has 3 heteroatoms. The van der Waals surface area contributed by atoms with Crippen LogP contribution in [0, 0.1) is 0 Å². The normalized spacial score (nSPS) is 34.1. The number of nitrogens with zero attached hydrogens (tertiary/aromatic N) is 1. The monoisotopic (exact) mass is 201 g/mol. The van der Waals surface area contributed by atoms with Crippen LogP contribution in [0.25, 0.3) is 0 Å². The van der Waals surface area contributed by atoms with Crippen LogP contribution in [-0.2, 0) is 4.74 Å². The maximum Gasteiger partial charge on any atom is 0.0674 e. The highest BCUT2D eigenvalue weighted by molar-refractivity contribution is 4.80. The molecule has 1 heterocycles. The van der Waals surface area contributed by atoms with E-state index >= 15 is 0 Å². The Balaban J connectivity index is 2.46. The van der Waals surface area contributed by atoms with Crippen molar-refractivity contribution in [3.05, 3.63) is 0 Å². The first-order valence-electron chi connectivity index (χ1n) is 5.56. The SMILES string of the molecule is CC(O)CC(C)N1CC(C)OCC1C. The number of hydrogen-bond acceptors (Lipinski definition) is 3. The molecule has 0 aromatic rings. The van der Waals surface area contributed by atoms with E-state index in [1.165, 1.54) is 0 Å². The molecule has 0 spiro atoms. The molecule has 1 fully saturated rings. The fourth-order valence-corrected chi connectivity index (χ4v) is 2.17. The summed E-state index contributed by atoms with van der Waals surface area (Å²) in [4.78, 5) is 2.43. The first kappa shape index (κ1) is 12.0. The largest absolute Gasteiger partial charge is 0.393 e. The summed E-state index contributed by atoms with van der Waals surface area (Å²) in [6.45, 7) is 10.1. The van der Waals surface area contributed by atoms with Crippen LogP contribution in [0.1, 0.15) is 34.1 Å². The molecule has 14 heavy (non-hydrogen) atoms. The van der Waals surface area contributed by atoms with Crippen LogP contribution < -0.4 is 0 Å². The van der Waals surface area contributed by atoms with Gasteiger partial charge in [0.2, 0.25) is 0 Å². The summed E-state index contributed by atoms with van der Waals surface area (Å²) in [5.41, 5.74) is 0. The fourth-order valence-electron chi connectivity index (χ4n) is 2.17. The molecule has 1 saturated heterocycles. The Hall–Kier alpha value is -0.120. The molecule has 84 valence electrons. The van der Waals surface area contributed by atoms with E-state index in [2.05, 4.69) is 25.7 Å². The predicted molar refractivity (Wildman–Crippen MR) is 57.3 cm³/mol. The summed E-state index contributed by atoms with van der Waals surface area (Å²) in [6.07, 6.45) is 0.954. The van der Waals surface area contributed by atoms with Gasteiger partial charge in [-0.3, -0.25) is 4.90 Å². The summed E-state index contributed by atoms with van der Waals surface area (Å²) in [7, 11) is 0. The molecule has 1 aliphatic rings. The predicted octanol–water partition coefficient (Wildman–Crippen LogP) is 1.25. The molecule has 1 aliphatic heterocycles. The smallest absolute Gasteiger partial charge is 0.0674 e. The van der Waals surface area contributed by atoms with Gasteiger partial charge in [0.25, 0.3) is 0 Å². The van der Waals surface area contributed by atoms with Gasteiger partial charge < -0.3 is 9.84 Å². The van der Waals surface area contributed by atoms with Gasteiger partial charge in [-0.1, -0.05) is 0 Å². The Bertz CT molecular complexity index is 173. The van der Waals surface area contributed by atoms with Crippen molar-refractivity contribution in [2.75, 3.05) is 13.2 Å². The first-order chi connectivity index (χ1) is 6.50. The second-order valence-electron chi connectivity index (χ2n) is 4.62. The van der Waals surface area contributed by atoms with E-state index in [4.69, 9.17) is 4.74 Å². The van der Waals surface area contributed by atoms with E-state index in [1.54, 1.807) is 0 Å². The van der Waals surface area contributed by atoms with E-state index in [-0.39, 0.29) is 6.10 Å². The fraction of sp³-hybridized carbons (Fsp3) is 1.00. The van der Waals surface area contributed by atoms with Crippen LogP contribution >= 0.6 is 0 Å². The Morgan fingerprint density at radius 3 is 2.64 bits per heavy atom. The molecule has 0 saturated carbocycles. The summed E-state index contributed by atoms with van der Waals surface area (Å²) < 4.78 is 5.57. The zero-order valence-electron chi connectivity index (χ0n) is 9.73. The Labute approximate surface area is 87.1 Å². The van der Waals surface area contributed by atoms with Crippen molar-refractivity contribution in [3.8, 4) is 0 Å². The minimum atomic E-state index is -0.213. The molecule has 0 amide bonds. The standard InChI is InChI=1S/C11H23NO2/c1-8(5-10(3)13)12-6-11(4)14-7-9(12)2/h8-11,13H,5-7H2,1-4H3. The van der Waals surface area contributed by atoms with Gasteiger partial charge in [0.1, 0.15) is 0 Å². The van der Waals surface area contributed by atoms with E-state index in [9.17, 15) is 5.11 Å². The number of aliphatic hydroxyl groups excluding tert-OH is 1. The number of rotatable bonds is 3. The summed E-state index contributed by atoms with van der Waals surface area (Å²) in [5.74, 6) is 0. The quantitative estimate of drug-likeness (QED) is 0.746. The molecular weight excluding hydrogens is 178 g/mol. The van der Waals surface area contributed by atoms with Gasteiger partial charge >= 0.3 is 0 Å². The Morgan fingerprint density at radius 2 is 2.07 bits per heavy atom. The average molecular weight is 201 g/mol. The van der Waals surface area contributed by atoms with Crippen LogP contribution in [-0.4, -0.2) is 47.4 Å². The zero-order chi connectivity index (χ0) is 10.7. The second-order valence-corrected chi connectivity index (χ2v) is 4.62. The van der Waals surface area contributed by atoms with Gasteiger partial charge in [-0.2, -0.15) is 0 Å². The van der Waals surface area contributed by atoms with Crippen LogP contribution in [0.5, 0.6) is 0 Å². The molecule has 1 N–H and O–H groups in total. The van der Waals surface area contributed by atoms with Crippen LogP contribution in [0.3, 0.4) is 0 Å². The van der Waals surface area contributed by atoms with E-state index < -0.39 is 0 Å². The maximum absolute atomic E-state index is 9.35. The van der Waals surface area contributed by atoms with Gasteiger partial charge in [-0.25, -0.2) is 0 Å². The maximum atomic E-state index is 9.35. The number of hydrogen-bond donors (Lipinski definition) is 1. The third kappa shape index (κ3) is 3.23. The summed E-state index contributed by atoms with van der Waals surface area (Å²) in [5, 5.41) is 9.35. The highest BCUT2D eigenvalue weighted by Crippen LogP contribution is 2.17. The minimum Gasteiger partial charge on any atom is -0.393 e. The molecule has 0 bridgehead atoms. The highest BCUT2D eigenvalue weighted by Gasteiger charge is 2.27. The lowest BCUT2D eigenvalue weighted by molar-refractivity contribution is -0.0684. The van der Waals surface area contributed by atoms with Gasteiger partial charge in [-0.05, 0) is 34.1 Å². The lowest BCUT2D eigenvalue weighted by atomic mass is 10.1. The van der Waals surface area contributed by atoms with Gasteiger partial charge in [-0.15, -0.1) is 0 Å². The highest BCUT2D eigenvalue weighted by atomic mass is 16.5. The van der Waals surface area contributed by atoms with Crippen LogP contribution in [0.4, 0.5) is 0 Å². The minimum absolute atomic E-state index is 0.213. The molecule has 0 radical (unpaired) electrons. The number of aliphatic hydroxyl groups is 1. The van der Waals surface area contributed by atoms with Crippen molar-refractivity contribution in [1.29, 1.82) is 0 Å². The number of morpholine rings is 1.